The van der Waals surface area contributed by atoms with Gasteiger partial charge in [-0.2, -0.15) is 5.10 Å². The average Bonchev–Trinajstić information content (AvgIpc) is 3.07. The molecule has 0 bridgehead atoms. The lowest BCUT2D eigenvalue weighted by Gasteiger charge is -2.47. The number of aryl methyl sites for hydroxylation is 1. The number of aromatic nitrogens is 3. The van der Waals surface area contributed by atoms with E-state index in [1.54, 1.807) is 12.4 Å². The lowest BCUT2D eigenvalue weighted by Crippen LogP contribution is -2.58. The lowest BCUT2D eigenvalue weighted by molar-refractivity contribution is 0.0920. The van der Waals surface area contributed by atoms with Crippen LogP contribution in [0.5, 0.6) is 5.75 Å². The number of thioether (sulfide) groups is 1. The summed E-state index contributed by atoms with van der Waals surface area (Å²) in [6.45, 7) is 3.31. The molecular weight excluding hydrogens is 296 g/mol. The molecule has 0 radical (unpaired) electrons. The van der Waals surface area contributed by atoms with Crippen molar-refractivity contribution in [2.24, 2.45) is 7.05 Å². The molecule has 2 aliphatic rings. The van der Waals surface area contributed by atoms with Crippen molar-refractivity contribution in [1.29, 1.82) is 0 Å². The van der Waals surface area contributed by atoms with Gasteiger partial charge in [-0.25, -0.2) is 0 Å². The van der Waals surface area contributed by atoms with E-state index in [2.05, 4.69) is 32.9 Å². The van der Waals surface area contributed by atoms with E-state index in [1.807, 2.05) is 30.1 Å². The van der Waals surface area contributed by atoms with Crippen molar-refractivity contribution in [2.75, 3.05) is 18.8 Å². The fourth-order valence-corrected chi connectivity index (χ4v) is 4.98. The quantitative estimate of drug-likeness (QED) is 0.862. The summed E-state index contributed by atoms with van der Waals surface area (Å²) >= 11 is 2.07. The number of pyridine rings is 1. The zero-order valence-corrected chi connectivity index (χ0v) is 13.5. The Labute approximate surface area is 134 Å². The Morgan fingerprint density at radius 2 is 2.32 bits per heavy atom. The molecule has 0 N–H and O–H groups in total. The highest BCUT2D eigenvalue weighted by Gasteiger charge is 2.49. The minimum absolute atomic E-state index is 0.315. The summed E-state index contributed by atoms with van der Waals surface area (Å²) in [6, 6.07) is 3.91. The van der Waals surface area contributed by atoms with E-state index >= 15 is 0 Å². The van der Waals surface area contributed by atoms with Crippen molar-refractivity contribution in [3.8, 4) is 5.75 Å². The van der Waals surface area contributed by atoms with Crippen LogP contribution < -0.4 is 4.74 Å². The molecule has 0 amide bonds. The van der Waals surface area contributed by atoms with Gasteiger partial charge < -0.3 is 4.74 Å². The van der Waals surface area contributed by atoms with Crippen molar-refractivity contribution >= 4 is 11.8 Å². The predicted octanol–water partition coefficient (Wildman–Crippen LogP) is 1.95. The molecule has 1 spiro atoms. The molecule has 0 saturated carbocycles. The second-order valence-electron chi connectivity index (χ2n) is 6.29. The SMILES string of the molecule is Cn1cc(CN2CC3(C[C@@H](Oc4cccnc4)CS3)C2)cn1. The number of hydrogen-bond donors (Lipinski definition) is 0. The van der Waals surface area contributed by atoms with E-state index in [0.29, 0.717) is 10.9 Å². The summed E-state index contributed by atoms with van der Waals surface area (Å²) in [5.41, 5.74) is 1.29. The molecule has 5 nitrogen and oxygen atoms in total. The summed E-state index contributed by atoms with van der Waals surface area (Å²) in [4.78, 5) is 6.61. The van der Waals surface area contributed by atoms with E-state index in [-0.39, 0.29) is 0 Å². The fourth-order valence-electron chi connectivity index (χ4n) is 3.40. The van der Waals surface area contributed by atoms with Crippen molar-refractivity contribution < 1.29 is 4.74 Å². The summed E-state index contributed by atoms with van der Waals surface area (Å²) < 4.78 is 8.31. The van der Waals surface area contributed by atoms with E-state index in [9.17, 15) is 0 Å². The topological polar surface area (TPSA) is 43.2 Å². The Morgan fingerprint density at radius 1 is 1.41 bits per heavy atom. The van der Waals surface area contributed by atoms with Crippen LogP contribution in [0.2, 0.25) is 0 Å². The highest BCUT2D eigenvalue weighted by Crippen LogP contribution is 2.46. The molecule has 2 aromatic rings. The van der Waals surface area contributed by atoms with Gasteiger partial charge in [0.2, 0.25) is 0 Å². The zero-order chi connectivity index (χ0) is 15.0. The second kappa shape index (κ2) is 5.59. The maximum absolute atomic E-state index is 6.05. The summed E-state index contributed by atoms with van der Waals surface area (Å²) in [5.74, 6) is 1.96. The van der Waals surface area contributed by atoms with Gasteiger partial charge in [0.25, 0.3) is 0 Å². The van der Waals surface area contributed by atoms with Crippen molar-refractivity contribution in [2.45, 2.75) is 23.8 Å². The van der Waals surface area contributed by atoms with Crippen LogP contribution in [0.4, 0.5) is 0 Å². The van der Waals surface area contributed by atoms with Gasteiger partial charge in [0, 0.05) is 61.6 Å². The molecule has 6 heteroatoms. The van der Waals surface area contributed by atoms with Gasteiger partial charge in [-0.05, 0) is 12.1 Å². The third-order valence-corrected chi connectivity index (χ3v) is 5.88. The lowest BCUT2D eigenvalue weighted by atomic mass is 9.92. The molecule has 4 heterocycles. The minimum atomic E-state index is 0.315. The van der Waals surface area contributed by atoms with E-state index < -0.39 is 0 Å². The molecule has 0 aliphatic carbocycles. The summed E-state index contributed by atoms with van der Waals surface area (Å²) in [7, 11) is 1.97. The van der Waals surface area contributed by atoms with Gasteiger partial charge in [0.15, 0.2) is 0 Å². The molecule has 4 rings (SSSR count). The van der Waals surface area contributed by atoms with Gasteiger partial charge in [-0.15, -0.1) is 11.8 Å². The maximum Gasteiger partial charge on any atom is 0.138 e. The van der Waals surface area contributed by atoms with E-state index in [4.69, 9.17) is 4.74 Å². The van der Waals surface area contributed by atoms with Gasteiger partial charge in [-0.1, -0.05) is 0 Å². The molecule has 2 saturated heterocycles. The molecule has 22 heavy (non-hydrogen) atoms. The third-order valence-electron chi connectivity index (χ3n) is 4.30. The summed E-state index contributed by atoms with van der Waals surface area (Å²) in [5, 5.41) is 4.23. The number of ether oxygens (including phenoxy) is 1. The minimum Gasteiger partial charge on any atom is -0.488 e. The highest BCUT2D eigenvalue weighted by atomic mass is 32.2. The van der Waals surface area contributed by atoms with Crippen LogP contribution in [-0.2, 0) is 13.6 Å². The van der Waals surface area contributed by atoms with Crippen LogP contribution in [0.1, 0.15) is 12.0 Å². The first-order valence-corrected chi connectivity index (χ1v) is 8.60. The van der Waals surface area contributed by atoms with E-state index in [0.717, 1.165) is 37.6 Å². The van der Waals surface area contributed by atoms with Gasteiger partial charge in [0.1, 0.15) is 11.9 Å². The molecule has 1 atom stereocenters. The van der Waals surface area contributed by atoms with Crippen LogP contribution in [0.3, 0.4) is 0 Å². The fraction of sp³-hybridized carbons (Fsp3) is 0.500. The number of nitrogens with zero attached hydrogens (tertiary/aromatic N) is 4. The normalized spacial score (nSPS) is 23.6. The maximum atomic E-state index is 6.05. The highest BCUT2D eigenvalue weighted by molar-refractivity contribution is 8.01. The predicted molar refractivity (Wildman–Crippen MR) is 86.9 cm³/mol. The monoisotopic (exact) mass is 316 g/mol. The van der Waals surface area contributed by atoms with Gasteiger partial charge >= 0.3 is 0 Å². The van der Waals surface area contributed by atoms with Crippen LogP contribution in [0.15, 0.2) is 36.9 Å². The third kappa shape index (κ3) is 2.85. The molecule has 116 valence electrons. The molecule has 2 fully saturated rings. The zero-order valence-electron chi connectivity index (χ0n) is 12.7. The second-order valence-corrected chi connectivity index (χ2v) is 7.78. The van der Waals surface area contributed by atoms with Crippen molar-refractivity contribution in [1.82, 2.24) is 19.7 Å². The first kappa shape index (κ1) is 14.1. The number of likely N-dealkylation sites (tertiary alicyclic amines) is 1. The number of rotatable bonds is 4. The molecule has 0 unspecified atom stereocenters. The average molecular weight is 316 g/mol. The molecule has 2 aliphatic heterocycles. The van der Waals surface area contributed by atoms with Crippen LogP contribution >= 0.6 is 11.8 Å². The standard InChI is InChI=1S/C16H20N4OS/c1-19-8-13(6-18-19)9-20-11-16(12-20)5-15(10-22-16)21-14-3-2-4-17-7-14/h2-4,6-8,15H,5,9-12H2,1H3/t15-/m1/s1. The van der Waals surface area contributed by atoms with Crippen LogP contribution in [0, 0.1) is 0 Å². The smallest absolute Gasteiger partial charge is 0.138 e. The van der Waals surface area contributed by atoms with Crippen LogP contribution in [-0.4, -0.2) is 49.4 Å². The molecular formula is C16H20N4OS. The summed E-state index contributed by atoms with van der Waals surface area (Å²) in [6.07, 6.45) is 9.08. The first-order valence-electron chi connectivity index (χ1n) is 7.61. The Morgan fingerprint density at radius 3 is 3.05 bits per heavy atom. The Hall–Kier alpha value is -1.53. The number of hydrogen-bond acceptors (Lipinski definition) is 5. The van der Waals surface area contributed by atoms with Crippen LogP contribution in [0.25, 0.3) is 0 Å². The van der Waals surface area contributed by atoms with Gasteiger partial charge in [0.05, 0.1) is 12.4 Å². The van der Waals surface area contributed by atoms with E-state index in [1.165, 1.54) is 5.56 Å². The Kier molecular flexibility index (Phi) is 3.58. The van der Waals surface area contributed by atoms with Crippen molar-refractivity contribution in [3.05, 3.63) is 42.5 Å². The largest absolute Gasteiger partial charge is 0.488 e. The first-order chi connectivity index (χ1) is 10.7. The Bertz CT molecular complexity index is 639. The Balaban J connectivity index is 1.29. The molecule has 0 aromatic carbocycles. The van der Waals surface area contributed by atoms with Gasteiger partial charge in [-0.3, -0.25) is 14.6 Å². The molecule has 2 aromatic heterocycles. The van der Waals surface area contributed by atoms with Crippen molar-refractivity contribution in [3.63, 3.8) is 0 Å².